The second kappa shape index (κ2) is 13.5. The number of hydrogen-bond acceptors (Lipinski definition) is 10. The zero-order chi connectivity index (χ0) is 29.2. The highest BCUT2D eigenvalue weighted by atomic mass is 16.6. The number of methoxy groups -OCH3 is 4. The number of benzene rings is 3. The van der Waals surface area contributed by atoms with Gasteiger partial charge in [-0.2, -0.15) is 0 Å². The van der Waals surface area contributed by atoms with Gasteiger partial charge in [-0.3, -0.25) is 4.79 Å². The zero-order valence-electron chi connectivity index (χ0n) is 22.0. The molecule has 0 saturated heterocycles. The van der Waals surface area contributed by atoms with E-state index in [1.165, 1.54) is 77.0 Å². The Bertz CT molecular complexity index is 1390. The molecular weight excluding hydrogens is 526 g/mol. The van der Waals surface area contributed by atoms with Gasteiger partial charge in [-0.1, -0.05) is 12.1 Å². The Morgan fingerprint density at radius 3 is 1.62 bits per heavy atom. The van der Waals surface area contributed by atoms with E-state index in [4.69, 9.17) is 28.4 Å². The number of hydrogen-bond donors (Lipinski definition) is 2. The van der Waals surface area contributed by atoms with E-state index in [2.05, 4.69) is 5.32 Å². The number of carbonyl (C=O) groups is 4. The summed E-state index contributed by atoms with van der Waals surface area (Å²) >= 11 is 0. The second-order valence-corrected chi connectivity index (χ2v) is 8.01. The van der Waals surface area contributed by atoms with Crippen LogP contribution in [0.25, 0.3) is 0 Å². The summed E-state index contributed by atoms with van der Waals surface area (Å²) in [4.78, 5) is 51.6. The van der Waals surface area contributed by atoms with Gasteiger partial charge in [-0.25, -0.2) is 14.4 Å². The van der Waals surface area contributed by atoms with Gasteiger partial charge < -0.3 is 38.8 Å². The summed E-state index contributed by atoms with van der Waals surface area (Å²) in [5, 5.41) is 12.4. The summed E-state index contributed by atoms with van der Waals surface area (Å²) in [6.45, 7) is 0. The quantitative estimate of drug-likeness (QED) is 0.318. The molecule has 3 rings (SSSR count). The molecule has 0 aliphatic carbocycles. The van der Waals surface area contributed by atoms with Gasteiger partial charge in [-0.15, -0.1) is 0 Å². The predicted molar refractivity (Wildman–Crippen MR) is 140 cm³/mol. The molecule has 40 heavy (non-hydrogen) atoms. The molecule has 0 aliphatic rings. The minimum absolute atomic E-state index is 0.0422. The molecule has 210 valence electrons. The van der Waals surface area contributed by atoms with Crippen molar-refractivity contribution in [1.82, 2.24) is 0 Å². The van der Waals surface area contributed by atoms with Crippen LogP contribution in [-0.2, 0) is 19.1 Å². The largest absolute Gasteiger partial charge is 0.497 e. The Morgan fingerprint density at radius 2 is 1.15 bits per heavy atom. The smallest absolute Gasteiger partial charge is 0.349 e. The monoisotopic (exact) mass is 553 g/mol. The van der Waals surface area contributed by atoms with Crippen molar-refractivity contribution in [3.63, 3.8) is 0 Å². The Hall–Kier alpha value is -5.26. The maximum absolute atomic E-state index is 13.5. The number of nitrogens with one attached hydrogen (secondary N) is 1. The molecule has 12 nitrogen and oxygen atoms in total. The first-order valence-corrected chi connectivity index (χ1v) is 11.7. The number of ether oxygens (including phenoxy) is 6. The third kappa shape index (κ3) is 7.19. The molecule has 0 aromatic heterocycles. The first kappa shape index (κ1) is 29.3. The highest BCUT2D eigenvalue weighted by molar-refractivity contribution is 6.02. The maximum atomic E-state index is 13.5. The average Bonchev–Trinajstić information content (AvgIpc) is 2.98. The number of esters is 2. The fraction of sp³-hybridized carbons (Fsp3) is 0.214. The predicted octanol–water partition coefficient (Wildman–Crippen LogP) is 3.20. The normalized spacial score (nSPS) is 11.8. The number of carbonyl (C=O) groups excluding carboxylic acids is 3. The summed E-state index contributed by atoms with van der Waals surface area (Å²) in [5.41, 5.74) is -0.0183. The van der Waals surface area contributed by atoms with Crippen LogP contribution in [0.3, 0.4) is 0 Å². The van der Waals surface area contributed by atoms with Crippen LogP contribution < -0.4 is 24.3 Å². The van der Waals surface area contributed by atoms with Gasteiger partial charge in [0.2, 0.25) is 12.2 Å². The lowest BCUT2D eigenvalue weighted by molar-refractivity contribution is -0.157. The Morgan fingerprint density at radius 1 is 0.650 bits per heavy atom. The topological polar surface area (TPSA) is 156 Å². The van der Waals surface area contributed by atoms with Crippen molar-refractivity contribution in [2.24, 2.45) is 0 Å². The van der Waals surface area contributed by atoms with E-state index in [1.54, 1.807) is 18.2 Å². The van der Waals surface area contributed by atoms with Crippen molar-refractivity contribution in [3.8, 4) is 23.0 Å². The minimum atomic E-state index is -2.25. The molecule has 3 aromatic rings. The first-order chi connectivity index (χ1) is 19.2. The van der Waals surface area contributed by atoms with Crippen molar-refractivity contribution in [2.45, 2.75) is 12.2 Å². The van der Waals surface area contributed by atoms with Crippen molar-refractivity contribution < 1.29 is 52.7 Å². The fourth-order valence-corrected chi connectivity index (χ4v) is 3.48. The number of anilines is 1. The second-order valence-electron chi connectivity index (χ2n) is 8.01. The standard InChI is InChI=1S/C28H27NO11/c1-35-18-9-5-7-16(13-18)27(33)39-23(25(30)29-21-15-20(37-3)11-12-22(21)38-4)24(26(31)32)40-28(34)17-8-6-10-19(14-17)36-2/h5-15,23-24H,1-4H3,(H,29,30)(H,31,32)/t23-,24-/m1/s1. The van der Waals surface area contributed by atoms with E-state index in [9.17, 15) is 24.3 Å². The Labute approximate surface area is 229 Å². The summed E-state index contributed by atoms with van der Waals surface area (Å²) < 4.78 is 31.1. The lowest BCUT2D eigenvalue weighted by Crippen LogP contribution is -2.48. The molecule has 2 atom stereocenters. The van der Waals surface area contributed by atoms with E-state index < -0.39 is 36.0 Å². The van der Waals surface area contributed by atoms with E-state index in [0.29, 0.717) is 17.2 Å². The summed E-state index contributed by atoms with van der Waals surface area (Å²) in [5.74, 6) is -3.85. The summed E-state index contributed by atoms with van der Waals surface area (Å²) in [6.07, 6.45) is -4.38. The lowest BCUT2D eigenvalue weighted by atomic mass is 10.1. The lowest BCUT2D eigenvalue weighted by Gasteiger charge is -2.24. The van der Waals surface area contributed by atoms with Crippen LogP contribution in [0, 0.1) is 0 Å². The molecule has 12 heteroatoms. The van der Waals surface area contributed by atoms with Gasteiger partial charge in [0, 0.05) is 6.07 Å². The molecule has 2 N–H and O–H groups in total. The van der Waals surface area contributed by atoms with Crippen LogP contribution in [0.15, 0.2) is 66.7 Å². The van der Waals surface area contributed by atoms with Crippen LogP contribution in [0.2, 0.25) is 0 Å². The van der Waals surface area contributed by atoms with E-state index >= 15 is 0 Å². The molecule has 0 fully saturated rings. The van der Waals surface area contributed by atoms with Crippen LogP contribution in [0.5, 0.6) is 23.0 Å². The fourth-order valence-electron chi connectivity index (χ4n) is 3.48. The molecule has 0 spiro atoms. The molecule has 1 amide bonds. The Kier molecular flexibility index (Phi) is 9.90. The first-order valence-electron chi connectivity index (χ1n) is 11.7. The number of carboxylic acid groups (broad SMARTS) is 1. The van der Waals surface area contributed by atoms with E-state index in [-0.39, 0.29) is 22.6 Å². The zero-order valence-corrected chi connectivity index (χ0v) is 22.0. The molecule has 0 aliphatic heterocycles. The number of rotatable bonds is 12. The third-order valence-electron chi connectivity index (χ3n) is 5.52. The van der Waals surface area contributed by atoms with Crippen molar-refractivity contribution in [3.05, 3.63) is 77.9 Å². The molecule has 0 bridgehead atoms. The average molecular weight is 554 g/mol. The highest BCUT2D eigenvalue weighted by Crippen LogP contribution is 2.29. The van der Waals surface area contributed by atoms with Gasteiger partial charge in [-0.05, 0) is 48.5 Å². The van der Waals surface area contributed by atoms with Crippen molar-refractivity contribution in [2.75, 3.05) is 33.8 Å². The number of amides is 1. The highest BCUT2D eigenvalue weighted by Gasteiger charge is 2.41. The number of aliphatic carboxylic acids is 1. The minimum Gasteiger partial charge on any atom is -0.497 e. The van der Waals surface area contributed by atoms with Crippen LogP contribution in [0.1, 0.15) is 20.7 Å². The van der Waals surface area contributed by atoms with E-state index in [0.717, 1.165) is 0 Å². The summed E-state index contributed by atoms with van der Waals surface area (Å²) in [6, 6.07) is 16.0. The molecule has 0 heterocycles. The molecular formula is C28H27NO11. The maximum Gasteiger partial charge on any atom is 0.349 e. The van der Waals surface area contributed by atoms with Gasteiger partial charge in [0.05, 0.1) is 45.3 Å². The van der Waals surface area contributed by atoms with Crippen molar-refractivity contribution >= 4 is 29.5 Å². The molecule has 0 radical (unpaired) electrons. The third-order valence-corrected chi connectivity index (χ3v) is 5.52. The van der Waals surface area contributed by atoms with Crippen molar-refractivity contribution in [1.29, 1.82) is 0 Å². The van der Waals surface area contributed by atoms with E-state index in [1.807, 2.05) is 0 Å². The number of carboxylic acids is 1. The van der Waals surface area contributed by atoms with Crippen LogP contribution in [0.4, 0.5) is 5.69 Å². The molecule has 3 aromatic carbocycles. The molecule has 0 unspecified atom stereocenters. The van der Waals surface area contributed by atoms with Crippen LogP contribution >= 0.6 is 0 Å². The SMILES string of the molecule is COc1cccc(C(=O)O[C@@H](C(=O)O)[C@@H](OC(=O)c2cccc(OC)c2)C(=O)Nc2cc(OC)ccc2OC)c1. The van der Waals surface area contributed by atoms with Crippen LogP contribution in [-0.4, -0.2) is 69.6 Å². The van der Waals surface area contributed by atoms with Gasteiger partial charge >= 0.3 is 17.9 Å². The van der Waals surface area contributed by atoms with Gasteiger partial charge in [0.25, 0.3) is 5.91 Å². The Balaban J connectivity index is 1.99. The van der Waals surface area contributed by atoms with Gasteiger partial charge in [0.1, 0.15) is 23.0 Å². The molecule has 0 saturated carbocycles. The summed E-state index contributed by atoms with van der Waals surface area (Å²) in [7, 11) is 5.54. The van der Waals surface area contributed by atoms with Gasteiger partial charge in [0.15, 0.2) is 0 Å².